The van der Waals surface area contributed by atoms with Crippen molar-refractivity contribution in [2.45, 2.75) is 51.6 Å². The molecule has 2 N–H and O–H groups in total. The number of carbonyl (C=O) groups excluding carboxylic acids is 2. The first-order chi connectivity index (χ1) is 11.0. The first-order valence-corrected chi connectivity index (χ1v) is 7.92. The molecule has 0 aliphatic carbocycles. The SMILES string of the molecule is C[C@H]1CCCC(=O)CCC/C=C\c2cc(O)cc(O)c2C(=O)O1. The fourth-order valence-electron chi connectivity index (χ4n) is 2.63. The molecule has 5 heteroatoms. The number of ketones is 1. The van der Waals surface area contributed by atoms with Gasteiger partial charge in [0.2, 0.25) is 0 Å². The van der Waals surface area contributed by atoms with Crippen LogP contribution in [0.5, 0.6) is 11.5 Å². The van der Waals surface area contributed by atoms with Crippen LogP contribution in [0.15, 0.2) is 18.2 Å². The average molecular weight is 318 g/mol. The smallest absolute Gasteiger partial charge is 0.342 e. The second-order valence-corrected chi connectivity index (χ2v) is 5.87. The predicted molar refractivity (Wildman–Crippen MR) is 86.4 cm³/mol. The zero-order valence-electron chi connectivity index (χ0n) is 13.2. The van der Waals surface area contributed by atoms with Crippen LogP contribution in [0.1, 0.15) is 61.4 Å². The lowest BCUT2D eigenvalue weighted by Gasteiger charge is -2.15. The van der Waals surface area contributed by atoms with Gasteiger partial charge in [-0.15, -0.1) is 0 Å². The molecule has 5 nitrogen and oxygen atoms in total. The lowest BCUT2D eigenvalue weighted by molar-refractivity contribution is -0.119. The summed E-state index contributed by atoms with van der Waals surface area (Å²) in [5, 5.41) is 19.6. The Labute approximate surface area is 135 Å². The molecule has 1 aliphatic rings. The normalized spacial score (nSPS) is 21.9. The number of allylic oxidation sites excluding steroid dienone is 1. The summed E-state index contributed by atoms with van der Waals surface area (Å²) in [6, 6.07) is 2.54. The van der Waals surface area contributed by atoms with Crippen molar-refractivity contribution < 1.29 is 24.5 Å². The standard InChI is InChI=1S/C18H22O5/c1-12-6-5-9-14(19)8-4-2-3-7-13-10-15(20)11-16(21)17(13)18(22)23-12/h3,7,10-12,20-21H,2,4-6,8-9H2,1H3/b7-3-/t12-/m0/s1. The topological polar surface area (TPSA) is 83.8 Å². The summed E-state index contributed by atoms with van der Waals surface area (Å²) in [6.45, 7) is 1.77. The van der Waals surface area contributed by atoms with Gasteiger partial charge in [-0.25, -0.2) is 4.79 Å². The molecule has 0 saturated carbocycles. The monoisotopic (exact) mass is 318 g/mol. The average Bonchev–Trinajstić information content (AvgIpc) is 2.45. The Hall–Kier alpha value is -2.30. The molecule has 1 aromatic rings. The van der Waals surface area contributed by atoms with Crippen molar-refractivity contribution in [1.29, 1.82) is 0 Å². The molecule has 0 fully saturated rings. The van der Waals surface area contributed by atoms with Gasteiger partial charge in [-0.05, 0) is 44.2 Å². The van der Waals surface area contributed by atoms with Crippen LogP contribution >= 0.6 is 0 Å². The molecule has 1 atom stereocenters. The van der Waals surface area contributed by atoms with Gasteiger partial charge < -0.3 is 14.9 Å². The Morgan fingerprint density at radius 2 is 1.87 bits per heavy atom. The highest BCUT2D eigenvalue weighted by atomic mass is 16.5. The molecule has 1 heterocycles. The number of ether oxygens (including phenoxy) is 1. The number of esters is 1. The molecule has 0 unspecified atom stereocenters. The number of cyclic esters (lactones) is 1. The van der Waals surface area contributed by atoms with Crippen LogP contribution in [0.4, 0.5) is 0 Å². The van der Waals surface area contributed by atoms with E-state index in [9.17, 15) is 19.8 Å². The molecule has 2 rings (SSSR count). The third-order valence-corrected chi connectivity index (χ3v) is 3.84. The van der Waals surface area contributed by atoms with E-state index in [1.165, 1.54) is 6.07 Å². The van der Waals surface area contributed by atoms with Crippen LogP contribution in [-0.4, -0.2) is 28.1 Å². The van der Waals surface area contributed by atoms with Gasteiger partial charge >= 0.3 is 5.97 Å². The fraction of sp³-hybridized carbons (Fsp3) is 0.444. The van der Waals surface area contributed by atoms with E-state index in [2.05, 4.69) is 0 Å². The highest BCUT2D eigenvalue weighted by Crippen LogP contribution is 2.29. The van der Waals surface area contributed by atoms with Crippen molar-refractivity contribution in [2.75, 3.05) is 0 Å². The van der Waals surface area contributed by atoms with Crippen molar-refractivity contribution >= 4 is 17.8 Å². The molecule has 124 valence electrons. The molecule has 0 bridgehead atoms. The lowest BCUT2D eigenvalue weighted by Crippen LogP contribution is -2.16. The molecular formula is C18H22O5. The molecule has 0 amide bonds. The van der Waals surface area contributed by atoms with E-state index in [4.69, 9.17) is 4.74 Å². The molecule has 1 aliphatic heterocycles. The van der Waals surface area contributed by atoms with E-state index in [-0.39, 0.29) is 28.9 Å². The summed E-state index contributed by atoms with van der Waals surface area (Å²) in [7, 11) is 0. The van der Waals surface area contributed by atoms with Crippen LogP contribution in [0.25, 0.3) is 6.08 Å². The van der Waals surface area contributed by atoms with E-state index in [0.717, 1.165) is 12.5 Å². The maximum atomic E-state index is 12.3. The minimum Gasteiger partial charge on any atom is -0.508 e. The minimum atomic E-state index is -0.627. The number of rotatable bonds is 0. The lowest BCUT2D eigenvalue weighted by atomic mass is 10.0. The third kappa shape index (κ3) is 4.84. The first-order valence-electron chi connectivity index (χ1n) is 7.92. The summed E-state index contributed by atoms with van der Waals surface area (Å²) in [5.41, 5.74) is 0.460. The van der Waals surface area contributed by atoms with Gasteiger partial charge in [-0.1, -0.05) is 12.2 Å². The van der Waals surface area contributed by atoms with Crippen molar-refractivity contribution in [3.05, 3.63) is 29.3 Å². The Bertz CT molecular complexity index is 618. The summed E-state index contributed by atoms with van der Waals surface area (Å²) < 4.78 is 5.35. The van der Waals surface area contributed by atoms with Crippen molar-refractivity contribution in [1.82, 2.24) is 0 Å². The van der Waals surface area contributed by atoms with Crippen molar-refractivity contribution in [3.8, 4) is 11.5 Å². The molecule has 23 heavy (non-hydrogen) atoms. The summed E-state index contributed by atoms with van der Waals surface area (Å²) in [5.74, 6) is -0.824. The molecular weight excluding hydrogens is 296 g/mol. The number of hydrogen-bond donors (Lipinski definition) is 2. The van der Waals surface area contributed by atoms with E-state index >= 15 is 0 Å². The largest absolute Gasteiger partial charge is 0.508 e. The number of Topliss-reactive ketones (excluding diaryl/α,β-unsaturated/α-hetero) is 1. The molecule has 1 aromatic carbocycles. The Kier molecular flexibility index (Phi) is 5.79. The minimum absolute atomic E-state index is 0.0547. The van der Waals surface area contributed by atoms with Crippen LogP contribution in [0.2, 0.25) is 0 Å². The number of phenols is 2. The highest BCUT2D eigenvalue weighted by Gasteiger charge is 2.20. The van der Waals surface area contributed by atoms with Gasteiger partial charge in [-0.3, -0.25) is 4.79 Å². The van der Waals surface area contributed by atoms with Gasteiger partial charge in [0.1, 0.15) is 22.8 Å². The molecule has 0 saturated heterocycles. The van der Waals surface area contributed by atoms with E-state index in [1.54, 1.807) is 13.0 Å². The summed E-state index contributed by atoms with van der Waals surface area (Å²) in [6.07, 6.45) is 6.90. The maximum absolute atomic E-state index is 12.3. The molecule has 0 radical (unpaired) electrons. The Morgan fingerprint density at radius 1 is 1.13 bits per heavy atom. The second-order valence-electron chi connectivity index (χ2n) is 5.87. The highest BCUT2D eigenvalue weighted by molar-refractivity contribution is 5.97. The van der Waals surface area contributed by atoms with Crippen molar-refractivity contribution in [3.63, 3.8) is 0 Å². The van der Waals surface area contributed by atoms with Gasteiger partial charge in [0, 0.05) is 18.9 Å². The second kappa shape index (κ2) is 7.81. The summed E-state index contributed by atoms with van der Waals surface area (Å²) in [4.78, 5) is 24.0. The number of hydrogen-bond acceptors (Lipinski definition) is 5. The Morgan fingerprint density at radius 3 is 2.65 bits per heavy atom. The van der Waals surface area contributed by atoms with Gasteiger partial charge in [0.15, 0.2) is 0 Å². The molecule has 0 aromatic heterocycles. The zero-order chi connectivity index (χ0) is 16.8. The maximum Gasteiger partial charge on any atom is 0.342 e. The number of phenolic OH excluding ortho intramolecular Hbond substituents is 2. The van der Waals surface area contributed by atoms with E-state index < -0.39 is 5.97 Å². The van der Waals surface area contributed by atoms with Crippen LogP contribution < -0.4 is 0 Å². The summed E-state index contributed by atoms with van der Waals surface area (Å²) >= 11 is 0. The van der Waals surface area contributed by atoms with Crippen LogP contribution in [0.3, 0.4) is 0 Å². The van der Waals surface area contributed by atoms with E-state index in [0.29, 0.717) is 37.7 Å². The zero-order valence-corrected chi connectivity index (χ0v) is 13.2. The molecule has 0 spiro atoms. The van der Waals surface area contributed by atoms with Gasteiger partial charge in [0.25, 0.3) is 0 Å². The first kappa shape index (κ1) is 17.1. The number of carbonyl (C=O) groups is 2. The fourth-order valence-corrected chi connectivity index (χ4v) is 2.63. The van der Waals surface area contributed by atoms with Crippen molar-refractivity contribution in [2.24, 2.45) is 0 Å². The number of fused-ring (bicyclic) bond motifs is 1. The number of benzene rings is 1. The third-order valence-electron chi connectivity index (χ3n) is 3.84. The van der Waals surface area contributed by atoms with E-state index in [1.807, 2.05) is 6.08 Å². The quantitative estimate of drug-likeness (QED) is 0.714. The van der Waals surface area contributed by atoms with Crippen LogP contribution in [0, 0.1) is 0 Å². The van der Waals surface area contributed by atoms with Gasteiger partial charge in [-0.2, -0.15) is 0 Å². The number of aromatic hydroxyl groups is 2. The predicted octanol–water partition coefficient (Wildman–Crippen LogP) is 3.58. The Balaban J connectivity index is 2.32. The van der Waals surface area contributed by atoms with Gasteiger partial charge in [0.05, 0.1) is 6.10 Å². The van der Waals surface area contributed by atoms with Crippen LogP contribution in [-0.2, 0) is 9.53 Å².